The number of nitrogens with one attached hydrogen (secondary N) is 2. The van der Waals surface area contributed by atoms with Gasteiger partial charge in [0, 0.05) is 11.7 Å². The molecule has 21 heavy (non-hydrogen) atoms. The van der Waals surface area contributed by atoms with Gasteiger partial charge in [-0.1, -0.05) is 6.92 Å². The standard InChI is InChI=1S/C15H21N3O2S/c1-3-15(6-8-16-9-7-15)14-17-12-5-4-11(21(2,19)20)10-13(12)18-14/h4-5,10,16H,3,6-9H2,1-2H3,(H,17,18). The molecule has 2 aromatic rings. The summed E-state index contributed by atoms with van der Waals surface area (Å²) in [5.41, 5.74) is 1.72. The van der Waals surface area contributed by atoms with E-state index >= 15 is 0 Å². The monoisotopic (exact) mass is 307 g/mol. The van der Waals surface area contributed by atoms with E-state index in [1.54, 1.807) is 18.2 Å². The van der Waals surface area contributed by atoms with E-state index in [9.17, 15) is 8.42 Å². The third-order valence-electron chi connectivity index (χ3n) is 4.62. The van der Waals surface area contributed by atoms with E-state index < -0.39 is 9.84 Å². The summed E-state index contributed by atoms with van der Waals surface area (Å²) >= 11 is 0. The summed E-state index contributed by atoms with van der Waals surface area (Å²) in [6.07, 6.45) is 4.38. The molecule has 0 saturated carbocycles. The van der Waals surface area contributed by atoms with Gasteiger partial charge < -0.3 is 10.3 Å². The lowest BCUT2D eigenvalue weighted by Crippen LogP contribution is -2.40. The van der Waals surface area contributed by atoms with Gasteiger partial charge in [-0.2, -0.15) is 0 Å². The van der Waals surface area contributed by atoms with E-state index in [1.165, 1.54) is 6.26 Å². The predicted octanol–water partition coefficient (Wildman–Crippen LogP) is 2.00. The highest BCUT2D eigenvalue weighted by Crippen LogP contribution is 2.36. The molecule has 0 spiro atoms. The zero-order valence-electron chi connectivity index (χ0n) is 12.4. The van der Waals surface area contributed by atoms with Crippen molar-refractivity contribution in [2.75, 3.05) is 19.3 Å². The lowest BCUT2D eigenvalue weighted by molar-refractivity contribution is 0.285. The number of nitrogens with zero attached hydrogens (tertiary/aromatic N) is 1. The minimum absolute atomic E-state index is 0.0789. The Labute approximate surface area is 125 Å². The Bertz CT molecular complexity index is 758. The van der Waals surface area contributed by atoms with Gasteiger partial charge in [0.15, 0.2) is 9.84 Å². The number of sulfone groups is 1. The van der Waals surface area contributed by atoms with Gasteiger partial charge in [0.1, 0.15) is 5.82 Å². The molecule has 2 heterocycles. The van der Waals surface area contributed by atoms with Crippen molar-refractivity contribution in [2.24, 2.45) is 0 Å². The third kappa shape index (κ3) is 2.58. The number of fused-ring (bicyclic) bond motifs is 1. The molecule has 1 aliphatic rings. The maximum atomic E-state index is 11.7. The van der Waals surface area contributed by atoms with Crippen molar-refractivity contribution >= 4 is 20.9 Å². The van der Waals surface area contributed by atoms with Crippen LogP contribution in [0.2, 0.25) is 0 Å². The van der Waals surface area contributed by atoms with Crippen LogP contribution in [0.5, 0.6) is 0 Å². The summed E-state index contributed by atoms with van der Waals surface area (Å²) in [5, 5.41) is 3.39. The first-order valence-corrected chi connectivity index (χ1v) is 9.25. The second-order valence-electron chi connectivity index (χ2n) is 5.92. The highest BCUT2D eigenvalue weighted by atomic mass is 32.2. The zero-order chi connectivity index (χ0) is 15.1. The number of aromatic nitrogens is 2. The molecule has 6 heteroatoms. The number of hydrogen-bond donors (Lipinski definition) is 2. The summed E-state index contributed by atoms with van der Waals surface area (Å²) in [6, 6.07) is 5.10. The molecule has 0 bridgehead atoms. The topological polar surface area (TPSA) is 74.8 Å². The van der Waals surface area contributed by atoms with Crippen molar-refractivity contribution < 1.29 is 8.42 Å². The van der Waals surface area contributed by atoms with Crippen LogP contribution in [0, 0.1) is 0 Å². The Morgan fingerprint density at radius 1 is 1.29 bits per heavy atom. The quantitative estimate of drug-likeness (QED) is 0.909. The Kier molecular flexibility index (Phi) is 3.53. The minimum Gasteiger partial charge on any atom is -0.341 e. The molecule has 1 aromatic carbocycles. The van der Waals surface area contributed by atoms with Crippen LogP contribution in [-0.4, -0.2) is 37.7 Å². The lowest BCUT2D eigenvalue weighted by Gasteiger charge is -2.35. The highest BCUT2D eigenvalue weighted by molar-refractivity contribution is 7.90. The van der Waals surface area contributed by atoms with Crippen molar-refractivity contribution in [3.63, 3.8) is 0 Å². The summed E-state index contributed by atoms with van der Waals surface area (Å²) in [4.78, 5) is 8.42. The van der Waals surface area contributed by atoms with E-state index in [0.29, 0.717) is 4.90 Å². The molecule has 1 fully saturated rings. The van der Waals surface area contributed by atoms with E-state index in [1.807, 2.05) is 0 Å². The van der Waals surface area contributed by atoms with Crippen LogP contribution in [0.15, 0.2) is 23.1 Å². The second-order valence-corrected chi connectivity index (χ2v) is 7.94. The fraction of sp³-hybridized carbons (Fsp3) is 0.533. The number of rotatable bonds is 3. The Morgan fingerprint density at radius 2 is 2.00 bits per heavy atom. The number of imidazole rings is 1. The molecule has 1 saturated heterocycles. The lowest BCUT2D eigenvalue weighted by atomic mass is 9.76. The zero-order valence-corrected chi connectivity index (χ0v) is 13.3. The number of hydrogen-bond acceptors (Lipinski definition) is 4. The van der Waals surface area contributed by atoms with Gasteiger partial charge in [-0.15, -0.1) is 0 Å². The first-order chi connectivity index (χ1) is 9.94. The van der Waals surface area contributed by atoms with E-state index in [2.05, 4.69) is 17.2 Å². The van der Waals surface area contributed by atoms with Gasteiger partial charge in [-0.3, -0.25) is 0 Å². The van der Waals surface area contributed by atoms with Crippen LogP contribution in [0.4, 0.5) is 0 Å². The van der Waals surface area contributed by atoms with Crippen LogP contribution in [0.3, 0.4) is 0 Å². The number of H-pyrrole nitrogens is 1. The number of piperidine rings is 1. The fourth-order valence-electron chi connectivity index (χ4n) is 3.13. The summed E-state index contributed by atoms with van der Waals surface area (Å²) in [6.45, 7) is 4.19. The van der Waals surface area contributed by atoms with Gasteiger partial charge in [0.25, 0.3) is 0 Å². The SMILES string of the molecule is CCC1(c2nc3ccc(S(C)(=O)=O)cc3[nH]2)CCNCC1. The summed E-state index contributed by atoms with van der Waals surface area (Å²) < 4.78 is 23.3. The molecule has 5 nitrogen and oxygen atoms in total. The normalized spacial score (nSPS) is 19.0. The summed E-state index contributed by atoms with van der Waals surface area (Å²) in [7, 11) is -3.19. The molecule has 1 aromatic heterocycles. The van der Waals surface area contributed by atoms with Crippen LogP contribution in [0.25, 0.3) is 11.0 Å². The fourth-order valence-corrected chi connectivity index (χ4v) is 3.78. The molecular formula is C15H21N3O2S. The van der Waals surface area contributed by atoms with Gasteiger partial charge in [-0.25, -0.2) is 13.4 Å². The van der Waals surface area contributed by atoms with E-state index in [4.69, 9.17) is 4.98 Å². The average Bonchev–Trinajstić information content (AvgIpc) is 2.90. The molecule has 3 rings (SSSR count). The number of benzene rings is 1. The predicted molar refractivity (Wildman–Crippen MR) is 83.3 cm³/mol. The van der Waals surface area contributed by atoms with Gasteiger partial charge in [0.05, 0.1) is 15.9 Å². The molecule has 0 aliphatic carbocycles. The van der Waals surface area contributed by atoms with Crippen LogP contribution >= 0.6 is 0 Å². The minimum atomic E-state index is -3.19. The molecule has 0 radical (unpaired) electrons. The molecule has 114 valence electrons. The maximum absolute atomic E-state index is 11.7. The van der Waals surface area contributed by atoms with Crippen LogP contribution in [0.1, 0.15) is 32.0 Å². The third-order valence-corrected chi connectivity index (χ3v) is 5.73. The van der Waals surface area contributed by atoms with Crippen molar-refractivity contribution in [3.8, 4) is 0 Å². The van der Waals surface area contributed by atoms with Gasteiger partial charge in [0.2, 0.25) is 0 Å². The molecule has 2 N–H and O–H groups in total. The van der Waals surface area contributed by atoms with Crippen molar-refractivity contribution in [2.45, 2.75) is 36.5 Å². The van der Waals surface area contributed by atoms with Crippen molar-refractivity contribution in [1.82, 2.24) is 15.3 Å². The largest absolute Gasteiger partial charge is 0.341 e. The smallest absolute Gasteiger partial charge is 0.175 e. The number of aromatic amines is 1. The van der Waals surface area contributed by atoms with Crippen molar-refractivity contribution in [1.29, 1.82) is 0 Å². The van der Waals surface area contributed by atoms with E-state index in [-0.39, 0.29) is 5.41 Å². The first-order valence-electron chi connectivity index (χ1n) is 7.36. The van der Waals surface area contributed by atoms with Crippen LogP contribution in [-0.2, 0) is 15.3 Å². The molecule has 0 atom stereocenters. The molecular weight excluding hydrogens is 286 g/mol. The van der Waals surface area contributed by atoms with Crippen molar-refractivity contribution in [3.05, 3.63) is 24.0 Å². The summed E-state index contributed by atoms with van der Waals surface area (Å²) in [5.74, 6) is 0.993. The maximum Gasteiger partial charge on any atom is 0.175 e. The Hall–Kier alpha value is -1.40. The van der Waals surface area contributed by atoms with Crippen LogP contribution < -0.4 is 5.32 Å². The molecule has 0 amide bonds. The molecule has 1 aliphatic heterocycles. The second kappa shape index (κ2) is 5.10. The highest BCUT2D eigenvalue weighted by Gasteiger charge is 2.35. The van der Waals surface area contributed by atoms with Gasteiger partial charge >= 0.3 is 0 Å². The van der Waals surface area contributed by atoms with E-state index in [0.717, 1.165) is 49.2 Å². The molecule has 0 unspecified atom stereocenters. The Balaban J connectivity index is 2.08. The average molecular weight is 307 g/mol. The first kappa shape index (κ1) is 14.5. The Morgan fingerprint density at radius 3 is 2.62 bits per heavy atom. The van der Waals surface area contributed by atoms with Gasteiger partial charge in [-0.05, 0) is 50.6 Å².